The Labute approximate surface area is 101 Å². The predicted octanol–water partition coefficient (Wildman–Crippen LogP) is 2.51. The van der Waals surface area contributed by atoms with E-state index in [4.69, 9.17) is 4.74 Å². The summed E-state index contributed by atoms with van der Waals surface area (Å²) < 4.78 is 18.3. The summed E-state index contributed by atoms with van der Waals surface area (Å²) in [5.41, 5.74) is 0. The molecule has 17 heavy (non-hydrogen) atoms. The molecule has 1 amide bonds. The van der Waals surface area contributed by atoms with Gasteiger partial charge in [0.15, 0.2) is 11.6 Å². The highest BCUT2D eigenvalue weighted by Crippen LogP contribution is 2.14. The Bertz CT molecular complexity index is 355. The van der Waals surface area contributed by atoms with Crippen molar-refractivity contribution in [2.75, 3.05) is 13.2 Å². The number of carbonyl (C=O) groups is 1. The molecular formula is C13H18FNO2. The molecule has 0 aromatic heterocycles. The monoisotopic (exact) mass is 239 g/mol. The summed E-state index contributed by atoms with van der Waals surface area (Å²) in [6.45, 7) is 2.71. The van der Waals surface area contributed by atoms with E-state index in [0.29, 0.717) is 13.0 Å². The first kappa shape index (κ1) is 13.5. The Morgan fingerprint density at radius 2 is 2.18 bits per heavy atom. The van der Waals surface area contributed by atoms with Gasteiger partial charge in [0, 0.05) is 6.42 Å². The van der Waals surface area contributed by atoms with Crippen molar-refractivity contribution in [2.24, 2.45) is 0 Å². The highest BCUT2D eigenvalue weighted by Gasteiger charge is 2.02. The number of carbonyl (C=O) groups excluding carboxylic acids is 1. The fraction of sp³-hybridized carbons (Fsp3) is 0.462. The largest absolute Gasteiger partial charge is 0.489 e. The Kier molecular flexibility index (Phi) is 6.07. The molecule has 0 unspecified atom stereocenters. The second kappa shape index (κ2) is 7.65. The van der Waals surface area contributed by atoms with Crippen molar-refractivity contribution >= 4 is 5.91 Å². The first-order valence-electron chi connectivity index (χ1n) is 5.88. The third-order valence-corrected chi connectivity index (χ3v) is 2.28. The fourth-order valence-electron chi connectivity index (χ4n) is 1.34. The van der Waals surface area contributed by atoms with Crippen LogP contribution in [0.15, 0.2) is 24.3 Å². The summed E-state index contributed by atoms with van der Waals surface area (Å²) in [5.74, 6) is -0.149. The van der Waals surface area contributed by atoms with Crippen LogP contribution in [0.2, 0.25) is 0 Å². The van der Waals surface area contributed by atoms with Gasteiger partial charge >= 0.3 is 0 Å². The number of rotatable bonds is 7. The molecule has 0 heterocycles. The maximum atomic E-state index is 13.1. The van der Waals surface area contributed by atoms with Gasteiger partial charge in [-0.15, -0.1) is 0 Å². The molecule has 0 saturated carbocycles. The SMILES string of the molecule is CCCCC(=O)NCCOc1ccccc1F. The molecular weight excluding hydrogens is 221 g/mol. The number of amides is 1. The number of para-hydroxylation sites is 1. The molecule has 0 atom stereocenters. The van der Waals surface area contributed by atoms with E-state index in [1.54, 1.807) is 18.2 Å². The zero-order valence-corrected chi connectivity index (χ0v) is 10.0. The van der Waals surface area contributed by atoms with Crippen molar-refractivity contribution in [3.8, 4) is 5.75 Å². The Hall–Kier alpha value is -1.58. The average molecular weight is 239 g/mol. The number of hydrogen-bond donors (Lipinski definition) is 1. The van der Waals surface area contributed by atoms with Crippen LogP contribution in [0.4, 0.5) is 4.39 Å². The zero-order valence-electron chi connectivity index (χ0n) is 10.0. The van der Waals surface area contributed by atoms with E-state index in [1.807, 2.05) is 6.92 Å². The standard InChI is InChI=1S/C13H18FNO2/c1-2-3-8-13(16)15-9-10-17-12-7-5-4-6-11(12)14/h4-7H,2-3,8-10H2,1H3,(H,15,16). The lowest BCUT2D eigenvalue weighted by atomic mass is 10.2. The van der Waals surface area contributed by atoms with Crippen molar-refractivity contribution in [3.63, 3.8) is 0 Å². The number of ether oxygens (including phenoxy) is 1. The molecule has 0 radical (unpaired) electrons. The van der Waals surface area contributed by atoms with Gasteiger partial charge in [-0.05, 0) is 18.6 Å². The number of benzene rings is 1. The Morgan fingerprint density at radius 3 is 2.88 bits per heavy atom. The first-order chi connectivity index (χ1) is 8.24. The van der Waals surface area contributed by atoms with Crippen molar-refractivity contribution in [2.45, 2.75) is 26.2 Å². The smallest absolute Gasteiger partial charge is 0.220 e. The van der Waals surface area contributed by atoms with Crippen LogP contribution in [-0.4, -0.2) is 19.1 Å². The van der Waals surface area contributed by atoms with Crippen molar-refractivity contribution < 1.29 is 13.9 Å². The molecule has 1 aromatic rings. The molecule has 4 heteroatoms. The normalized spacial score (nSPS) is 10.0. The minimum absolute atomic E-state index is 0.0176. The van der Waals surface area contributed by atoms with Gasteiger partial charge in [-0.25, -0.2) is 4.39 Å². The van der Waals surface area contributed by atoms with Gasteiger partial charge in [-0.1, -0.05) is 25.5 Å². The van der Waals surface area contributed by atoms with E-state index in [2.05, 4.69) is 5.32 Å². The number of halogens is 1. The van der Waals surface area contributed by atoms with Gasteiger partial charge in [0.1, 0.15) is 6.61 Å². The van der Waals surface area contributed by atoms with Crippen molar-refractivity contribution in [3.05, 3.63) is 30.1 Å². The van der Waals surface area contributed by atoms with Gasteiger partial charge in [-0.2, -0.15) is 0 Å². The van der Waals surface area contributed by atoms with Crippen molar-refractivity contribution in [1.29, 1.82) is 0 Å². The lowest BCUT2D eigenvalue weighted by molar-refractivity contribution is -0.121. The molecule has 0 aliphatic heterocycles. The van der Waals surface area contributed by atoms with E-state index in [0.717, 1.165) is 12.8 Å². The summed E-state index contributed by atoms with van der Waals surface area (Å²) in [6.07, 6.45) is 2.43. The van der Waals surface area contributed by atoms with Gasteiger partial charge in [0.05, 0.1) is 6.54 Å². The summed E-state index contributed by atoms with van der Waals surface area (Å²) >= 11 is 0. The molecule has 1 rings (SSSR count). The minimum Gasteiger partial charge on any atom is -0.489 e. The summed E-state index contributed by atoms with van der Waals surface area (Å²) in [4.78, 5) is 11.2. The van der Waals surface area contributed by atoms with Crippen LogP contribution >= 0.6 is 0 Å². The zero-order chi connectivity index (χ0) is 12.5. The van der Waals surface area contributed by atoms with Crippen LogP contribution < -0.4 is 10.1 Å². The predicted molar refractivity (Wildman–Crippen MR) is 64.4 cm³/mol. The van der Waals surface area contributed by atoms with Crippen molar-refractivity contribution in [1.82, 2.24) is 5.32 Å². The van der Waals surface area contributed by atoms with Gasteiger partial charge in [-0.3, -0.25) is 4.79 Å². The van der Waals surface area contributed by atoms with Crippen LogP contribution in [-0.2, 0) is 4.79 Å². The van der Waals surface area contributed by atoms with Gasteiger partial charge in [0.25, 0.3) is 0 Å². The fourth-order valence-corrected chi connectivity index (χ4v) is 1.34. The van der Waals surface area contributed by atoms with Crippen LogP contribution in [0.25, 0.3) is 0 Å². The van der Waals surface area contributed by atoms with E-state index in [1.165, 1.54) is 6.07 Å². The maximum Gasteiger partial charge on any atom is 0.220 e. The second-order valence-electron chi connectivity index (χ2n) is 3.73. The van der Waals surface area contributed by atoms with E-state index >= 15 is 0 Å². The average Bonchev–Trinajstić information content (AvgIpc) is 2.34. The molecule has 1 N–H and O–H groups in total. The van der Waals surface area contributed by atoms with Crippen LogP contribution in [0.3, 0.4) is 0 Å². The quantitative estimate of drug-likeness (QED) is 0.742. The second-order valence-corrected chi connectivity index (χ2v) is 3.73. The first-order valence-corrected chi connectivity index (χ1v) is 5.88. The molecule has 0 spiro atoms. The van der Waals surface area contributed by atoms with Crippen LogP contribution in [0, 0.1) is 5.82 Å². The van der Waals surface area contributed by atoms with E-state index in [-0.39, 0.29) is 24.1 Å². The number of nitrogens with one attached hydrogen (secondary N) is 1. The number of hydrogen-bond acceptors (Lipinski definition) is 2. The Balaban J connectivity index is 2.16. The lowest BCUT2D eigenvalue weighted by Crippen LogP contribution is -2.27. The molecule has 0 fully saturated rings. The van der Waals surface area contributed by atoms with Gasteiger partial charge < -0.3 is 10.1 Å². The molecule has 0 saturated heterocycles. The molecule has 94 valence electrons. The third-order valence-electron chi connectivity index (χ3n) is 2.28. The van der Waals surface area contributed by atoms with E-state index in [9.17, 15) is 9.18 Å². The molecule has 0 aliphatic rings. The van der Waals surface area contributed by atoms with Crippen LogP contribution in [0.1, 0.15) is 26.2 Å². The highest BCUT2D eigenvalue weighted by molar-refractivity contribution is 5.75. The molecule has 0 bridgehead atoms. The minimum atomic E-state index is -0.384. The maximum absolute atomic E-state index is 13.1. The summed E-state index contributed by atoms with van der Waals surface area (Å²) in [6, 6.07) is 6.22. The Morgan fingerprint density at radius 1 is 1.41 bits per heavy atom. The molecule has 1 aromatic carbocycles. The topological polar surface area (TPSA) is 38.3 Å². The molecule has 3 nitrogen and oxygen atoms in total. The lowest BCUT2D eigenvalue weighted by Gasteiger charge is -2.08. The highest BCUT2D eigenvalue weighted by atomic mass is 19.1. The molecule has 0 aliphatic carbocycles. The van der Waals surface area contributed by atoms with E-state index < -0.39 is 0 Å². The van der Waals surface area contributed by atoms with Gasteiger partial charge in [0.2, 0.25) is 5.91 Å². The summed E-state index contributed by atoms with van der Waals surface area (Å²) in [7, 11) is 0. The van der Waals surface area contributed by atoms with Crippen LogP contribution in [0.5, 0.6) is 5.75 Å². The number of unbranched alkanes of at least 4 members (excludes halogenated alkanes) is 1. The third kappa shape index (κ3) is 5.33. The summed E-state index contributed by atoms with van der Waals surface area (Å²) in [5, 5.41) is 2.72.